The maximum absolute atomic E-state index is 13.4. The van der Waals surface area contributed by atoms with Gasteiger partial charge < -0.3 is 18.7 Å². The fourth-order valence-electron chi connectivity index (χ4n) is 4.58. The van der Waals surface area contributed by atoms with Gasteiger partial charge in [0.1, 0.15) is 34.5 Å². The molecule has 2 aromatic rings. The summed E-state index contributed by atoms with van der Waals surface area (Å²) < 4.78 is 18.5. The summed E-state index contributed by atoms with van der Waals surface area (Å²) in [6, 6.07) is 1.60. The largest absolute Gasteiger partial charge is 0.508 e. The number of phenolic OH excluding ortho intramolecular Hbond substituents is 1. The van der Waals surface area contributed by atoms with Crippen LogP contribution < -0.4 is 10.2 Å². The Balaban J connectivity index is 2.11. The summed E-state index contributed by atoms with van der Waals surface area (Å²) in [7, 11) is 0. The van der Waals surface area contributed by atoms with E-state index < -0.39 is 0 Å². The second-order valence-corrected chi connectivity index (χ2v) is 8.00. The minimum absolute atomic E-state index is 0.0581. The molecule has 0 saturated carbocycles. The molecule has 1 aromatic carbocycles. The van der Waals surface area contributed by atoms with E-state index in [1.165, 1.54) is 0 Å². The third-order valence-corrected chi connectivity index (χ3v) is 6.46. The Hall–Kier alpha value is -2.95. The summed E-state index contributed by atoms with van der Waals surface area (Å²) in [5.74, 6) is 1.89. The van der Waals surface area contributed by atoms with Gasteiger partial charge >= 0.3 is 0 Å². The molecule has 1 aliphatic carbocycles. The van der Waals surface area contributed by atoms with Gasteiger partial charge in [0.2, 0.25) is 0 Å². The van der Waals surface area contributed by atoms with Crippen molar-refractivity contribution in [3.8, 4) is 22.8 Å². The van der Waals surface area contributed by atoms with E-state index in [1.807, 2.05) is 34.6 Å². The number of furan rings is 1. The van der Waals surface area contributed by atoms with Crippen molar-refractivity contribution in [2.45, 2.75) is 53.6 Å². The topological polar surface area (TPSA) is 72.8 Å². The minimum Gasteiger partial charge on any atom is -0.508 e. The Morgan fingerprint density at radius 2 is 1.68 bits per heavy atom. The summed E-state index contributed by atoms with van der Waals surface area (Å²) in [4.78, 5) is 13.4. The van der Waals surface area contributed by atoms with E-state index in [0.29, 0.717) is 33.8 Å². The molecule has 1 aromatic heterocycles. The van der Waals surface area contributed by atoms with Crippen LogP contribution in [0.4, 0.5) is 0 Å². The van der Waals surface area contributed by atoms with Crippen molar-refractivity contribution in [3.05, 3.63) is 44.3 Å². The lowest BCUT2D eigenvalue weighted by Crippen LogP contribution is -2.26. The van der Waals surface area contributed by atoms with Crippen LogP contribution in [-0.4, -0.2) is 11.2 Å². The maximum Gasteiger partial charge on any atom is 0.197 e. The molecule has 1 N–H and O–H groups in total. The van der Waals surface area contributed by atoms with Gasteiger partial charge in [-0.15, -0.1) is 0 Å². The van der Waals surface area contributed by atoms with Crippen molar-refractivity contribution in [1.82, 2.24) is 0 Å². The fourth-order valence-corrected chi connectivity index (χ4v) is 4.58. The van der Waals surface area contributed by atoms with Gasteiger partial charge in [0.05, 0.1) is 5.39 Å². The standard InChI is InChI=1S/C23H22O5/c1-8-12(5)26-21-18-15(7-14(24)10(3)16(8)18)28-23-19(21)20(25)11(4)17-9(2)13(6)27-22(17)23/h7-8,12,24H,1-6H3/t8-,12-/m1/s1. The quantitative estimate of drug-likeness (QED) is 0.411. The molecular formula is C23H22O5. The number of ether oxygens (including phenoxy) is 1. The predicted molar refractivity (Wildman–Crippen MR) is 108 cm³/mol. The van der Waals surface area contributed by atoms with E-state index in [4.69, 9.17) is 13.6 Å². The molecule has 0 saturated heterocycles. The highest BCUT2D eigenvalue weighted by Crippen LogP contribution is 2.51. The van der Waals surface area contributed by atoms with Gasteiger partial charge in [-0.1, -0.05) is 6.92 Å². The van der Waals surface area contributed by atoms with Gasteiger partial charge in [0.25, 0.3) is 0 Å². The van der Waals surface area contributed by atoms with Gasteiger partial charge in [0.15, 0.2) is 16.8 Å². The molecule has 0 amide bonds. The van der Waals surface area contributed by atoms with Crippen LogP contribution in [0.2, 0.25) is 0 Å². The van der Waals surface area contributed by atoms with Crippen molar-refractivity contribution in [3.63, 3.8) is 0 Å². The molecule has 28 heavy (non-hydrogen) atoms. The van der Waals surface area contributed by atoms with Crippen LogP contribution in [0.25, 0.3) is 33.3 Å². The summed E-state index contributed by atoms with van der Waals surface area (Å²) in [6.07, 6.45) is -0.141. The molecule has 5 rings (SSSR count). The van der Waals surface area contributed by atoms with E-state index in [-0.39, 0.29) is 23.2 Å². The van der Waals surface area contributed by atoms with Crippen LogP contribution in [0.15, 0.2) is 19.7 Å². The molecular weight excluding hydrogens is 356 g/mol. The molecule has 0 bridgehead atoms. The SMILES string of the molecule is Cc1oc2c3oc4cc(O)c(C)c5c4c(c-3c(=O)c(C)c2c1C)O[C@H](C)[C@H]5C. The van der Waals surface area contributed by atoms with Crippen molar-refractivity contribution >= 4 is 21.9 Å². The Morgan fingerprint density at radius 3 is 2.39 bits per heavy atom. The van der Waals surface area contributed by atoms with Crippen molar-refractivity contribution in [1.29, 1.82) is 0 Å². The highest BCUT2D eigenvalue weighted by molar-refractivity contribution is 6.04. The van der Waals surface area contributed by atoms with Gasteiger partial charge in [-0.3, -0.25) is 4.79 Å². The normalized spacial score (nSPS) is 18.9. The van der Waals surface area contributed by atoms with E-state index in [9.17, 15) is 9.90 Å². The van der Waals surface area contributed by atoms with E-state index in [0.717, 1.165) is 33.2 Å². The smallest absolute Gasteiger partial charge is 0.197 e. The first-order valence-corrected chi connectivity index (χ1v) is 9.54. The fraction of sp³-hybridized carbons (Fsp3) is 0.348. The Bertz CT molecular complexity index is 1340. The van der Waals surface area contributed by atoms with Crippen LogP contribution in [0.1, 0.15) is 47.8 Å². The van der Waals surface area contributed by atoms with Gasteiger partial charge in [-0.2, -0.15) is 0 Å². The molecule has 0 spiro atoms. The van der Waals surface area contributed by atoms with Crippen LogP contribution >= 0.6 is 0 Å². The van der Waals surface area contributed by atoms with Crippen molar-refractivity contribution in [2.24, 2.45) is 0 Å². The number of hydrogen-bond donors (Lipinski definition) is 1. The number of fused-ring (bicyclic) bond motifs is 4. The summed E-state index contributed by atoms with van der Waals surface area (Å²) in [5.41, 5.74) is 4.69. The third-order valence-electron chi connectivity index (χ3n) is 6.46. The number of phenols is 1. The third kappa shape index (κ3) is 1.89. The Morgan fingerprint density at radius 1 is 0.964 bits per heavy atom. The molecule has 3 heterocycles. The number of aryl methyl sites for hydroxylation is 3. The molecule has 2 atom stereocenters. The number of aromatic hydroxyl groups is 1. The van der Waals surface area contributed by atoms with Gasteiger partial charge in [-0.25, -0.2) is 0 Å². The van der Waals surface area contributed by atoms with Gasteiger partial charge in [0, 0.05) is 22.9 Å². The molecule has 144 valence electrons. The van der Waals surface area contributed by atoms with Crippen LogP contribution in [-0.2, 0) is 0 Å². The first kappa shape index (κ1) is 17.2. The van der Waals surface area contributed by atoms with E-state index >= 15 is 0 Å². The van der Waals surface area contributed by atoms with Crippen LogP contribution in [0.5, 0.6) is 11.5 Å². The molecule has 0 fully saturated rings. The maximum atomic E-state index is 13.4. The minimum atomic E-state index is -0.141. The van der Waals surface area contributed by atoms with Crippen molar-refractivity contribution in [2.75, 3.05) is 0 Å². The van der Waals surface area contributed by atoms with E-state index in [1.54, 1.807) is 6.07 Å². The molecule has 5 nitrogen and oxygen atoms in total. The zero-order valence-electron chi connectivity index (χ0n) is 16.8. The number of benzene rings is 2. The lowest BCUT2D eigenvalue weighted by Gasteiger charge is -2.32. The summed E-state index contributed by atoms with van der Waals surface area (Å²) in [6.45, 7) is 11.6. The zero-order valence-corrected chi connectivity index (χ0v) is 16.8. The first-order chi connectivity index (χ1) is 13.2. The van der Waals surface area contributed by atoms with Crippen LogP contribution in [0.3, 0.4) is 0 Å². The average Bonchev–Trinajstić information content (AvgIpc) is 2.95. The summed E-state index contributed by atoms with van der Waals surface area (Å²) >= 11 is 0. The highest BCUT2D eigenvalue weighted by atomic mass is 16.5. The molecule has 0 radical (unpaired) electrons. The number of rotatable bonds is 0. The second-order valence-electron chi connectivity index (χ2n) is 8.00. The lowest BCUT2D eigenvalue weighted by atomic mass is 9.85. The Labute approximate surface area is 161 Å². The van der Waals surface area contributed by atoms with Crippen molar-refractivity contribution < 1.29 is 18.7 Å². The summed E-state index contributed by atoms with van der Waals surface area (Å²) in [5, 5.41) is 12.1. The zero-order chi connectivity index (χ0) is 20.1. The highest BCUT2D eigenvalue weighted by Gasteiger charge is 2.36. The number of hydrogen-bond acceptors (Lipinski definition) is 5. The van der Waals surface area contributed by atoms with Crippen LogP contribution in [0, 0.1) is 27.7 Å². The van der Waals surface area contributed by atoms with Gasteiger partial charge in [-0.05, 0) is 51.3 Å². The first-order valence-electron chi connectivity index (χ1n) is 9.54. The average molecular weight is 378 g/mol. The molecule has 0 unspecified atom stereocenters. The van der Waals surface area contributed by atoms with E-state index in [2.05, 4.69) is 6.92 Å². The second kappa shape index (κ2) is 5.31. The monoisotopic (exact) mass is 378 g/mol. The lowest BCUT2D eigenvalue weighted by molar-refractivity contribution is 0.189. The molecule has 2 aliphatic heterocycles. The molecule has 5 heteroatoms. The Kier molecular flexibility index (Phi) is 3.26. The predicted octanol–water partition coefficient (Wildman–Crippen LogP) is 5.47. The molecule has 3 aliphatic rings.